The maximum Gasteiger partial charge on any atom is 0.274 e. The summed E-state index contributed by atoms with van der Waals surface area (Å²) in [7, 11) is 3.41. The van der Waals surface area contributed by atoms with Gasteiger partial charge in [-0.05, 0) is 43.3 Å². The lowest BCUT2D eigenvalue weighted by Crippen LogP contribution is -2.31. The van der Waals surface area contributed by atoms with Crippen LogP contribution in [-0.2, 0) is 7.05 Å². The van der Waals surface area contributed by atoms with Gasteiger partial charge in [-0.25, -0.2) is 9.07 Å². The van der Waals surface area contributed by atoms with Crippen molar-refractivity contribution in [3.63, 3.8) is 0 Å². The van der Waals surface area contributed by atoms with Crippen LogP contribution in [0.3, 0.4) is 0 Å². The lowest BCUT2D eigenvalue weighted by molar-refractivity contribution is 0.0767. The maximum atomic E-state index is 14.1. The van der Waals surface area contributed by atoms with Crippen LogP contribution in [0, 0.1) is 5.82 Å². The Morgan fingerprint density at radius 1 is 1.24 bits per heavy atom. The first-order valence-electron chi connectivity index (χ1n) is 10.9. The summed E-state index contributed by atoms with van der Waals surface area (Å²) in [6.07, 6.45) is 5.22. The Bertz CT molecular complexity index is 1420. The summed E-state index contributed by atoms with van der Waals surface area (Å²) in [5.74, 6) is 0.295. The van der Waals surface area contributed by atoms with Crippen LogP contribution in [0.1, 0.15) is 28.7 Å². The standard InChI is InChI=1S/C24H23FN6O3/c1-4-33-24-15-6-7-18-16-12-19(26-13-20(16)28-27-18)17-11-14(25)5-8-21(17)34-10-9-30(2)23(32)22(15)29-31(24)3/h5-8,11-13H,4,9-10H2,1-3H3,(H,27,28)/b7-6+. The zero-order chi connectivity index (χ0) is 23.8. The molecule has 1 N–H and O–H groups in total. The fourth-order valence-corrected chi connectivity index (χ4v) is 3.92. The quantitative estimate of drug-likeness (QED) is 0.489. The predicted octanol–water partition coefficient (Wildman–Crippen LogP) is 3.53. The molecule has 1 aliphatic heterocycles. The Balaban J connectivity index is 1.71. The number of aromatic amines is 1. The van der Waals surface area contributed by atoms with Crippen LogP contribution < -0.4 is 9.47 Å². The van der Waals surface area contributed by atoms with E-state index in [1.54, 1.807) is 43.2 Å². The van der Waals surface area contributed by atoms with Gasteiger partial charge in [-0.3, -0.25) is 14.9 Å². The van der Waals surface area contributed by atoms with Crippen molar-refractivity contribution in [3.05, 3.63) is 53.2 Å². The number of fused-ring (bicyclic) bond motifs is 4. The number of carbonyl (C=O) groups is 1. The van der Waals surface area contributed by atoms with Gasteiger partial charge in [0.25, 0.3) is 5.91 Å². The topological polar surface area (TPSA) is 98.2 Å². The van der Waals surface area contributed by atoms with E-state index >= 15 is 0 Å². The van der Waals surface area contributed by atoms with Crippen molar-refractivity contribution in [1.29, 1.82) is 0 Å². The molecule has 4 aromatic rings. The summed E-state index contributed by atoms with van der Waals surface area (Å²) < 4.78 is 27.4. The molecule has 5 rings (SSSR count). The molecule has 4 heterocycles. The van der Waals surface area contributed by atoms with Gasteiger partial charge in [0.2, 0.25) is 5.88 Å². The second-order valence-electron chi connectivity index (χ2n) is 7.90. The van der Waals surface area contributed by atoms with Gasteiger partial charge >= 0.3 is 0 Å². The van der Waals surface area contributed by atoms with Crippen LogP contribution in [0.4, 0.5) is 4.39 Å². The van der Waals surface area contributed by atoms with E-state index in [-0.39, 0.29) is 18.2 Å². The number of pyridine rings is 1. The molecule has 0 spiro atoms. The molecular weight excluding hydrogens is 439 g/mol. The summed E-state index contributed by atoms with van der Waals surface area (Å²) in [6.45, 7) is 2.80. The average molecular weight is 462 g/mol. The van der Waals surface area contributed by atoms with Crippen LogP contribution in [0.15, 0.2) is 30.5 Å². The molecule has 0 radical (unpaired) electrons. The highest BCUT2D eigenvalue weighted by Gasteiger charge is 2.24. The Kier molecular flexibility index (Phi) is 5.48. The van der Waals surface area contributed by atoms with Crippen molar-refractivity contribution < 1.29 is 18.7 Å². The monoisotopic (exact) mass is 462 g/mol. The Hall–Kier alpha value is -4.21. The van der Waals surface area contributed by atoms with Crippen molar-refractivity contribution in [2.75, 3.05) is 26.8 Å². The third-order valence-electron chi connectivity index (χ3n) is 5.65. The van der Waals surface area contributed by atoms with E-state index in [0.29, 0.717) is 47.3 Å². The number of hydrogen-bond donors (Lipinski definition) is 1. The van der Waals surface area contributed by atoms with E-state index in [1.165, 1.54) is 17.0 Å². The van der Waals surface area contributed by atoms with Gasteiger partial charge in [0.1, 0.15) is 18.2 Å². The molecule has 0 aliphatic carbocycles. The molecule has 0 unspecified atom stereocenters. The average Bonchev–Trinajstić information content (AvgIpc) is 3.38. The number of nitrogens with zero attached hydrogens (tertiary/aromatic N) is 5. The van der Waals surface area contributed by atoms with Gasteiger partial charge in [-0.15, -0.1) is 0 Å². The van der Waals surface area contributed by atoms with E-state index in [1.807, 2.05) is 13.0 Å². The van der Waals surface area contributed by atoms with Gasteiger partial charge in [0.15, 0.2) is 5.69 Å². The zero-order valence-electron chi connectivity index (χ0n) is 19.0. The van der Waals surface area contributed by atoms with Crippen molar-refractivity contribution in [2.24, 2.45) is 7.05 Å². The van der Waals surface area contributed by atoms with Crippen LogP contribution in [-0.4, -0.2) is 62.6 Å². The molecule has 2 bridgehead atoms. The number of hydrogen-bond acceptors (Lipinski definition) is 6. The molecule has 34 heavy (non-hydrogen) atoms. The fourth-order valence-electron chi connectivity index (χ4n) is 3.92. The number of halogens is 1. The van der Waals surface area contributed by atoms with Crippen molar-refractivity contribution in [3.8, 4) is 22.9 Å². The molecule has 1 aromatic carbocycles. The lowest BCUT2D eigenvalue weighted by atomic mass is 10.1. The second-order valence-corrected chi connectivity index (χ2v) is 7.90. The molecule has 0 saturated carbocycles. The number of carbonyl (C=O) groups excluding carboxylic acids is 1. The van der Waals surface area contributed by atoms with Crippen molar-refractivity contribution >= 4 is 29.0 Å². The molecule has 0 atom stereocenters. The smallest absolute Gasteiger partial charge is 0.274 e. The molecular formula is C24H23FN6O3. The summed E-state index contributed by atoms with van der Waals surface area (Å²) in [6, 6.07) is 6.13. The molecule has 0 saturated heterocycles. The minimum Gasteiger partial charge on any atom is -0.491 e. The predicted molar refractivity (Wildman–Crippen MR) is 125 cm³/mol. The Morgan fingerprint density at radius 3 is 2.91 bits per heavy atom. The van der Waals surface area contributed by atoms with Crippen LogP contribution in [0.2, 0.25) is 0 Å². The van der Waals surface area contributed by atoms with Crippen molar-refractivity contribution in [2.45, 2.75) is 6.92 Å². The maximum absolute atomic E-state index is 14.1. The molecule has 1 aliphatic rings. The summed E-state index contributed by atoms with van der Waals surface area (Å²) in [5, 5.41) is 12.6. The number of aromatic nitrogens is 5. The van der Waals surface area contributed by atoms with E-state index < -0.39 is 5.82 Å². The highest BCUT2D eigenvalue weighted by molar-refractivity contribution is 5.99. The second kappa shape index (κ2) is 8.62. The molecule has 1 amide bonds. The molecule has 3 aromatic heterocycles. The van der Waals surface area contributed by atoms with Crippen LogP contribution >= 0.6 is 0 Å². The minimum absolute atomic E-state index is 0.205. The molecule has 10 heteroatoms. The van der Waals surface area contributed by atoms with Gasteiger partial charge in [-0.1, -0.05) is 0 Å². The fraction of sp³-hybridized carbons (Fsp3) is 0.250. The van der Waals surface area contributed by atoms with E-state index in [2.05, 4.69) is 20.3 Å². The number of H-pyrrole nitrogens is 1. The lowest BCUT2D eigenvalue weighted by Gasteiger charge is -2.18. The number of nitrogens with one attached hydrogen (secondary N) is 1. The first kappa shape index (κ1) is 21.6. The Morgan fingerprint density at radius 2 is 2.09 bits per heavy atom. The van der Waals surface area contributed by atoms with Gasteiger partial charge in [0, 0.05) is 25.0 Å². The minimum atomic E-state index is -0.396. The van der Waals surface area contributed by atoms with Gasteiger partial charge < -0.3 is 14.4 Å². The first-order chi connectivity index (χ1) is 16.5. The summed E-state index contributed by atoms with van der Waals surface area (Å²) in [5.41, 5.74) is 3.25. The molecule has 9 nitrogen and oxygen atoms in total. The number of amides is 1. The summed E-state index contributed by atoms with van der Waals surface area (Å²) in [4.78, 5) is 19.3. The SMILES string of the molecule is CCOc1c2c(nn1C)C(=O)N(C)CCOc1ccc(F)cc1-c1cc3c(n[nH]c3cn1)/C=C/2. The normalized spacial score (nSPS) is 14.8. The number of aryl methyl sites for hydroxylation is 1. The third-order valence-corrected chi connectivity index (χ3v) is 5.65. The first-order valence-corrected chi connectivity index (χ1v) is 10.9. The largest absolute Gasteiger partial charge is 0.491 e. The third kappa shape index (κ3) is 3.76. The van der Waals surface area contributed by atoms with Crippen LogP contribution in [0.5, 0.6) is 11.6 Å². The number of benzene rings is 1. The van der Waals surface area contributed by atoms with E-state index in [9.17, 15) is 9.18 Å². The Labute approximate surface area is 194 Å². The van der Waals surface area contributed by atoms with Gasteiger partial charge in [-0.2, -0.15) is 10.2 Å². The van der Waals surface area contributed by atoms with Crippen LogP contribution in [0.25, 0.3) is 34.3 Å². The van der Waals surface area contributed by atoms with E-state index in [4.69, 9.17) is 9.47 Å². The van der Waals surface area contributed by atoms with E-state index in [0.717, 1.165) is 10.9 Å². The molecule has 174 valence electrons. The number of likely N-dealkylation sites (N-methyl/N-ethyl adjacent to an activating group) is 1. The van der Waals surface area contributed by atoms with Crippen molar-refractivity contribution in [1.82, 2.24) is 29.9 Å². The zero-order valence-corrected chi connectivity index (χ0v) is 19.0. The number of rotatable bonds is 2. The highest BCUT2D eigenvalue weighted by atomic mass is 19.1. The van der Waals surface area contributed by atoms with Gasteiger partial charge in [0.05, 0.1) is 41.8 Å². The summed E-state index contributed by atoms with van der Waals surface area (Å²) >= 11 is 0. The highest BCUT2D eigenvalue weighted by Crippen LogP contribution is 2.33. The molecule has 0 fully saturated rings. The number of ether oxygens (including phenoxy) is 2.